The van der Waals surface area contributed by atoms with Crippen LogP contribution < -0.4 is 5.32 Å². The zero-order chi connectivity index (χ0) is 14.2. The molecule has 0 saturated heterocycles. The molecule has 0 aliphatic carbocycles. The predicted molar refractivity (Wildman–Crippen MR) is 79.8 cm³/mol. The third kappa shape index (κ3) is 4.38. The molecule has 0 saturated carbocycles. The number of carbonyl (C=O) groups excluding carboxylic acids is 1. The number of rotatable bonds is 7. The third-order valence-electron chi connectivity index (χ3n) is 3.03. The molecule has 0 aliphatic rings. The van der Waals surface area contributed by atoms with E-state index < -0.39 is 0 Å². The zero-order valence-corrected chi connectivity index (χ0v) is 12.0. The van der Waals surface area contributed by atoms with Crippen molar-refractivity contribution in [1.82, 2.24) is 14.9 Å². The minimum atomic E-state index is -0.0420. The standard InChI is InChI=1S/C15H18ClN3O/c16-11-13-4-3-5-14(10-13)15(20)18-6-1-2-8-19-9-7-17-12-19/h3-5,7,9-10,12H,1-2,6,8,11H2,(H,18,20). The Hall–Kier alpha value is -1.81. The smallest absolute Gasteiger partial charge is 0.251 e. The number of nitrogens with zero attached hydrogens (tertiary/aromatic N) is 2. The van der Waals surface area contributed by atoms with Gasteiger partial charge in [0.05, 0.1) is 6.33 Å². The van der Waals surface area contributed by atoms with Gasteiger partial charge in [-0.25, -0.2) is 4.98 Å². The topological polar surface area (TPSA) is 46.9 Å². The van der Waals surface area contributed by atoms with Crippen LogP contribution in [0, 0.1) is 0 Å². The van der Waals surface area contributed by atoms with Gasteiger partial charge >= 0.3 is 0 Å². The maximum absolute atomic E-state index is 11.9. The highest BCUT2D eigenvalue weighted by atomic mass is 35.5. The van der Waals surface area contributed by atoms with Crippen molar-refractivity contribution in [3.05, 3.63) is 54.1 Å². The summed E-state index contributed by atoms with van der Waals surface area (Å²) in [4.78, 5) is 15.9. The molecule has 1 amide bonds. The number of carbonyl (C=O) groups is 1. The monoisotopic (exact) mass is 291 g/mol. The van der Waals surface area contributed by atoms with E-state index in [0.717, 1.165) is 24.9 Å². The fraction of sp³-hybridized carbons (Fsp3) is 0.333. The lowest BCUT2D eigenvalue weighted by molar-refractivity contribution is 0.0953. The Morgan fingerprint density at radius 1 is 1.35 bits per heavy atom. The summed E-state index contributed by atoms with van der Waals surface area (Å²) in [6.07, 6.45) is 7.47. The molecule has 4 nitrogen and oxygen atoms in total. The second kappa shape index (κ2) is 7.70. The molecule has 0 aliphatic heterocycles. The lowest BCUT2D eigenvalue weighted by Crippen LogP contribution is -2.24. The van der Waals surface area contributed by atoms with Crippen LogP contribution in [0.4, 0.5) is 0 Å². The van der Waals surface area contributed by atoms with Crippen LogP contribution in [0.3, 0.4) is 0 Å². The van der Waals surface area contributed by atoms with E-state index in [1.165, 1.54) is 0 Å². The van der Waals surface area contributed by atoms with Gasteiger partial charge in [0.1, 0.15) is 0 Å². The molecule has 20 heavy (non-hydrogen) atoms. The van der Waals surface area contributed by atoms with E-state index in [1.807, 2.05) is 29.0 Å². The first kappa shape index (κ1) is 14.6. The molecule has 0 radical (unpaired) electrons. The van der Waals surface area contributed by atoms with Crippen molar-refractivity contribution in [3.63, 3.8) is 0 Å². The normalized spacial score (nSPS) is 10.4. The van der Waals surface area contributed by atoms with Gasteiger partial charge in [0.2, 0.25) is 0 Å². The van der Waals surface area contributed by atoms with E-state index in [1.54, 1.807) is 18.6 Å². The summed E-state index contributed by atoms with van der Waals surface area (Å²) in [5, 5.41) is 2.92. The number of unbranched alkanes of at least 4 members (excludes halogenated alkanes) is 1. The first-order valence-corrected chi connectivity index (χ1v) is 7.22. The van der Waals surface area contributed by atoms with Crippen LogP contribution in [0.25, 0.3) is 0 Å². The van der Waals surface area contributed by atoms with Gasteiger partial charge in [0, 0.05) is 36.9 Å². The summed E-state index contributed by atoms with van der Waals surface area (Å²) < 4.78 is 2.03. The Kier molecular flexibility index (Phi) is 5.62. The Morgan fingerprint density at radius 3 is 3.00 bits per heavy atom. The van der Waals surface area contributed by atoms with Crippen molar-refractivity contribution in [2.24, 2.45) is 0 Å². The minimum Gasteiger partial charge on any atom is -0.352 e. The van der Waals surface area contributed by atoms with Crippen molar-refractivity contribution in [1.29, 1.82) is 0 Å². The van der Waals surface area contributed by atoms with Gasteiger partial charge in [0.15, 0.2) is 0 Å². The van der Waals surface area contributed by atoms with Gasteiger partial charge in [-0.1, -0.05) is 12.1 Å². The number of nitrogens with one attached hydrogen (secondary N) is 1. The fourth-order valence-corrected chi connectivity index (χ4v) is 2.10. The zero-order valence-electron chi connectivity index (χ0n) is 11.3. The molecule has 1 aromatic heterocycles. The minimum absolute atomic E-state index is 0.0420. The Bertz CT molecular complexity index is 540. The fourth-order valence-electron chi connectivity index (χ4n) is 1.94. The van der Waals surface area contributed by atoms with Crippen molar-refractivity contribution in [3.8, 4) is 0 Å². The van der Waals surface area contributed by atoms with Gasteiger partial charge in [-0.15, -0.1) is 11.6 Å². The van der Waals surface area contributed by atoms with Gasteiger partial charge in [-0.3, -0.25) is 4.79 Å². The Labute approximate surface area is 123 Å². The highest BCUT2D eigenvalue weighted by Crippen LogP contribution is 2.07. The van der Waals surface area contributed by atoms with E-state index in [0.29, 0.717) is 18.0 Å². The molecule has 0 bridgehead atoms. The molecular formula is C15H18ClN3O. The number of imidazole rings is 1. The number of hydrogen-bond donors (Lipinski definition) is 1. The first-order valence-electron chi connectivity index (χ1n) is 6.68. The second-order valence-corrected chi connectivity index (χ2v) is 4.86. The maximum Gasteiger partial charge on any atom is 0.251 e. The van der Waals surface area contributed by atoms with E-state index >= 15 is 0 Å². The molecule has 0 atom stereocenters. The van der Waals surface area contributed by atoms with Gasteiger partial charge in [0.25, 0.3) is 5.91 Å². The average Bonchev–Trinajstić information content (AvgIpc) is 3.00. The third-order valence-corrected chi connectivity index (χ3v) is 3.34. The molecular weight excluding hydrogens is 274 g/mol. The summed E-state index contributed by atoms with van der Waals surface area (Å²) in [7, 11) is 0. The summed E-state index contributed by atoms with van der Waals surface area (Å²) in [5.41, 5.74) is 1.62. The van der Waals surface area contributed by atoms with E-state index in [-0.39, 0.29) is 5.91 Å². The molecule has 5 heteroatoms. The van der Waals surface area contributed by atoms with Gasteiger partial charge < -0.3 is 9.88 Å². The van der Waals surface area contributed by atoms with E-state index in [9.17, 15) is 4.79 Å². The van der Waals surface area contributed by atoms with Crippen LogP contribution in [-0.4, -0.2) is 22.0 Å². The highest BCUT2D eigenvalue weighted by molar-refractivity contribution is 6.17. The Morgan fingerprint density at radius 2 is 2.25 bits per heavy atom. The number of alkyl halides is 1. The summed E-state index contributed by atoms with van der Waals surface area (Å²) in [6.45, 7) is 1.61. The first-order chi connectivity index (χ1) is 9.79. The van der Waals surface area contributed by atoms with Crippen LogP contribution >= 0.6 is 11.6 Å². The molecule has 1 heterocycles. The summed E-state index contributed by atoms with van der Waals surface area (Å²) >= 11 is 5.76. The van der Waals surface area contributed by atoms with Gasteiger partial charge in [-0.05, 0) is 30.5 Å². The lowest BCUT2D eigenvalue weighted by Gasteiger charge is -2.06. The molecule has 2 aromatic rings. The molecule has 106 valence electrons. The van der Waals surface area contributed by atoms with E-state index in [4.69, 9.17) is 11.6 Å². The SMILES string of the molecule is O=C(NCCCCn1ccnc1)c1cccc(CCl)c1. The lowest BCUT2D eigenvalue weighted by atomic mass is 10.1. The van der Waals surface area contributed by atoms with Crippen LogP contribution in [0.5, 0.6) is 0 Å². The van der Waals surface area contributed by atoms with Crippen LogP contribution in [0.2, 0.25) is 0 Å². The quantitative estimate of drug-likeness (QED) is 0.630. The second-order valence-electron chi connectivity index (χ2n) is 4.60. The molecule has 0 fully saturated rings. The van der Waals surface area contributed by atoms with Crippen LogP contribution in [0.15, 0.2) is 43.0 Å². The number of hydrogen-bond acceptors (Lipinski definition) is 2. The average molecular weight is 292 g/mol. The molecule has 0 spiro atoms. The van der Waals surface area contributed by atoms with E-state index in [2.05, 4.69) is 10.3 Å². The molecule has 1 N–H and O–H groups in total. The van der Waals surface area contributed by atoms with Crippen molar-refractivity contribution in [2.45, 2.75) is 25.3 Å². The van der Waals surface area contributed by atoms with Crippen LogP contribution in [0.1, 0.15) is 28.8 Å². The molecule has 2 rings (SSSR count). The highest BCUT2D eigenvalue weighted by Gasteiger charge is 2.05. The number of benzene rings is 1. The summed E-state index contributed by atoms with van der Waals surface area (Å²) in [5.74, 6) is 0.381. The maximum atomic E-state index is 11.9. The number of aromatic nitrogens is 2. The van der Waals surface area contributed by atoms with Crippen molar-refractivity contribution in [2.75, 3.05) is 6.54 Å². The van der Waals surface area contributed by atoms with Gasteiger partial charge in [-0.2, -0.15) is 0 Å². The van der Waals surface area contributed by atoms with Crippen LogP contribution in [-0.2, 0) is 12.4 Å². The molecule has 0 unspecified atom stereocenters. The molecule has 1 aromatic carbocycles. The largest absolute Gasteiger partial charge is 0.352 e. The number of amides is 1. The Balaban J connectivity index is 1.69. The van der Waals surface area contributed by atoms with Crippen molar-refractivity contribution < 1.29 is 4.79 Å². The number of halogens is 1. The predicted octanol–water partition coefficient (Wildman–Crippen LogP) is 2.83. The number of aryl methyl sites for hydroxylation is 1. The van der Waals surface area contributed by atoms with Crippen molar-refractivity contribution >= 4 is 17.5 Å². The summed E-state index contributed by atoms with van der Waals surface area (Å²) in [6, 6.07) is 7.39.